The van der Waals surface area contributed by atoms with Gasteiger partial charge in [-0.25, -0.2) is 4.68 Å². The molecule has 0 aliphatic rings. The summed E-state index contributed by atoms with van der Waals surface area (Å²) >= 11 is 5.99. The summed E-state index contributed by atoms with van der Waals surface area (Å²) < 4.78 is 4.33. The Labute approximate surface area is 173 Å². The van der Waals surface area contributed by atoms with Crippen LogP contribution in [-0.2, 0) is 13.2 Å². The van der Waals surface area contributed by atoms with Crippen LogP contribution in [0.5, 0.6) is 0 Å². The molecule has 1 N–H and O–H groups in total. The van der Waals surface area contributed by atoms with Crippen molar-refractivity contribution in [3.8, 4) is 0 Å². The van der Waals surface area contributed by atoms with Gasteiger partial charge in [-0.05, 0) is 28.7 Å². The molecule has 0 unspecified atom stereocenters. The topological polar surface area (TPSA) is 139 Å². The van der Waals surface area contributed by atoms with Gasteiger partial charge in [-0.15, -0.1) is 0 Å². The fraction of sp³-hybridized carbons (Fsp3) is 0.118. The minimum absolute atomic E-state index is 0.0718. The van der Waals surface area contributed by atoms with Crippen molar-refractivity contribution in [2.75, 3.05) is 5.32 Å². The van der Waals surface area contributed by atoms with E-state index in [-0.39, 0.29) is 12.4 Å². The molecule has 0 atom stereocenters. The highest BCUT2D eigenvalue weighted by atomic mass is 35.5. The Morgan fingerprint density at radius 3 is 2.70 bits per heavy atom. The Bertz CT molecular complexity index is 1210. The number of anilines is 1. The highest BCUT2D eigenvalue weighted by Gasteiger charge is 2.15. The SMILES string of the molecule is O=C(Nc1ccn(Cc2cccc(Cl)c2)n1)c1ccn(Cn2cnc([N+](=O)[O-])n2)n1. The van der Waals surface area contributed by atoms with Crippen LogP contribution in [0.3, 0.4) is 0 Å². The highest BCUT2D eigenvalue weighted by Crippen LogP contribution is 2.13. The van der Waals surface area contributed by atoms with E-state index in [4.69, 9.17) is 11.6 Å². The molecule has 152 valence electrons. The van der Waals surface area contributed by atoms with E-state index in [9.17, 15) is 14.9 Å². The Hall–Kier alpha value is -4.06. The molecule has 4 aromatic rings. The Balaban J connectivity index is 1.37. The van der Waals surface area contributed by atoms with E-state index in [0.717, 1.165) is 5.56 Å². The monoisotopic (exact) mass is 427 g/mol. The zero-order valence-corrected chi connectivity index (χ0v) is 16.0. The minimum Gasteiger partial charge on any atom is -0.390 e. The van der Waals surface area contributed by atoms with Gasteiger partial charge in [0.15, 0.2) is 18.2 Å². The smallest absolute Gasteiger partial charge is 0.390 e. The lowest BCUT2D eigenvalue weighted by molar-refractivity contribution is -0.394. The maximum absolute atomic E-state index is 12.4. The molecular formula is C17H14ClN9O3. The van der Waals surface area contributed by atoms with Crippen molar-refractivity contribution in [2.45, 2.75) is 13.2 Å². The van der Waals surface area contributed by atoms with Gasteiger partial charge in [0, 0.05) is 28.6 Å². The van der Waals surface area contributed by atoms with E-state index in [1.165, 1.54) is 21.8 Å². The van der Waals surface area contributed by atoms with E-state index in [1.54, 1.807) is 29.2 Å². The molecule has 0 fully saturated rings. The predicted molar refractivity (Wildman–Crippen MR) is 105 cm³/mol. The molecule has 1 amide bonds. The quantitative estimate of drug-likeness (QED) is 0.351. The van der Waals surface area contributed by atoms with Gasteiger partial charge in [-0.1, -0.05) is 28.7 Å². The number of nitrogens with zero attached hydrogens (tertiary/aromatic N) is 8. The minimum atomic E-state index is -0.690. The molecule has 1 aromatic carbocycles. The molecule has 30 heavy (non-hydrogen) atoms. The number of amides is 1. The van der Waals surface area contributed by atoms with Gasteiger partial charge in [-0.2, -0.15) is 14.9 Å². The molecule has 12 nitrogen and oxygen atoms in total. The third-order valence-electron chi connectivity index (χ3n) is 3.97. The van der Waals surface area contributed by atoms with Crippen molar-refractivity contribution in [1.82, 2.24) is 34.3 Å². The fourth-order valence-electron chi connectivity index (χ4n) is 2.67. The normalized spacial score (nSPS) is 10.8. The van der Waals surface area contributed by atoms with Crippen LogP contribution in [-0.4, -0.2) is 45.2 Å². The number of hydrogen-bond donors (Lipinski definition) is 1. The maximum Gasteiger partial charge on any atom is 0.491 e. The van der Waals surface area contributed by atoms with E-state index in [1.807, 2.05) is 18.2 Å². The molecule has 3 aromatic heterocycles. The van der Waals surface area contributed by atoms with E-state index in [2.05, 4.69) is 25.6 Å². The van der Waals surface area contributed by atoms with Crippen LogP contribution in [0.1, 0.15) is 16.1 Å². The van der Waals surface area contributed by atoms with Crippen LogP contribution in [0.15, 0.2) is 55.1 Å². The average Bonchev–Trinajstić information content (AvgIpc) is 3.44. The van der Waals surface area contributed by atoms with Gasteiger partial charge in [0.2, 0.25) is 6.33 Å². The largest absolute Gasteiger partial charge is 0.491 e. The van der Waals surface area contributed by atoms with Gasteiger partial charge in [-0.3, -0.25) is 9.48 Å². The standard InChI is InChI=1S/C17H14ClN9O3/c18-13-3-1-2-12(8-13)9-24-7-5-15(22-24)20-16(28)14-4-6-25(21-14)11-26-10-19-17(23-26)27(29)30/h1-8,10H,9,11H2,(H,20,22,28). The second kappa shape index (κ2) is 8.13. The molecule has 0 bridgehead atoms. The first kappa shape index (κ1) is 19.3. The van der Waals surface area contributed by atoms with Crippen molar-refractivity contribution >= 4 is 29.3 Å². The summed E-state index contributed by atoms with van der Waals surface area (Å²) in [5, 5.41) is 26.1. The lowest BCUT2D eigenvalue weighted by Gasteiger charge is -2.03. The molecular weight excluding hydrogens is 414 g/mol. The van der Waals surface area contributed by atoms with Gasteiger partial charge in [0.05, 0.1) is 6.54 Å². The van der Waals surface area contributed by atoms with Gasteiger partial charge in [0.25, 0.3) is 5.91 Å². The zero-order chi connectivity index (χ0) is 21.1. The van der Waals surface area contributed by atoms with Crippen LogP contribution >= 0.6 is 11.6 Å². The van der Waals surface area contributed by atoms with Crippen molar-refractivity contribution in [1.29, 1.82) is 0 Å². The first-order valence-corrected chi connectivity index (χ1v) is 9.00. The number of halogens is 1. The second-order valence-corrected chi connectivity index (χ2v) is 6.64. The van der Waals surface area contributed by atoms with Gasteiger partial charge in [0.1, 0.15) is 0 Å². The Kier molecular flexibility index (Phi) is 5.22. The third-order valence-corrected chi connectivity index (χ3v) is 4.20. The van der Waals surface area contributed by atoms with Crippen LogP contribution in [0.4, 0.5) is 11.8 Å². The fourth-order valence-corrected chi connectivity index (χ4v) is 2.88. The number of nitrogens with one attached hydrogen (secondary N) is 1. The first-order chi connectivity index (χ1) is 14.5. The molecule has 0 spiro atoms. The van der Waals surface area contributed by atoms with E-state index in [0.29, 0.717) is 17.4 Å². The predicted octanol–water partition coefficient (Wildman–Crippen LogP) is 2.04. The van der Waals surface area contributed by atoms with Crippen molar-refractivity contribution in [3.05, 3.63) is 81.5 Å². The number of aromatic nitrogens is 7. The van der Waals surface area contributed by atoms with Crippen molar-refractivity contribution < 1.29 is 9.72 Å². The second-order valence-electron chi connectivity index (χ2n) is 6.21. The summed E-state index contributed by atoms with van der Waals surface area (Å²) in [5.74, 6) is -0.566. The number of carbonyl (C=O) groups excluding carboxylic acids is 1. The summed E-state index contributed by atoms with van der Waals surface area (Å²) in [6, 6.07) is 10.6. The molecule has 0 radical (unpaired) electrons. The summed E-state index contributed by atoms with van der Waals surface area (Å²) in [4.78, 5) is 25.9. The maximum atomic E-state index is 12.4. The third kappa shape index (κ3) is 4.50. The van der Waals surface area contributed by atoms with Crippen LogP contribution in [0, 0.1) is 10.1 Å². The van der Waals surface area contributed by atoms with Crippen LogP contribution < -0.4 is 5.32 Å². The zero-order valence-electron chi connectivity index (χ0n) is 15.3. The average molecular weight is 428 g/mol. The van der Waals surface area contributed by atoms with Crippen molar-refractivity contribution in [2.24, 2.45) is 0 Å². The number of hydrogen-bond acceptors (Lipinski definition) is 7. The summed E-state index contributed by atoms with van der Waals surface area (Å²) in [6.45, 7) is 0.581. The van der Waals surface area contributed by atoms with Gasteiger partial charge < -0.3 is 15.4 Å². The van der Waals surface area contributed by atoms with E-state index < -0.39 is 16.8 Å². The van der Waals surface area contributed by atoms with Gasteiger partial charge >= 0.3 is 5.95 Å². The van der Waals surface area contributed by atoms with Crippen molar-refractivity contribution in [3.63, 3.8) is 0 Å². The number of rotatable bonds is 7. The molecule has 0 aliphatic carbocycles. The molecule has 0 aliphatic heterocycles. The Morgan fingerprint density at radius 1 is 1.10 bits per heavy atom. The number of nitro groups is 1. The molecule has 3 heterocycles. The Morgan fingerprint density at radius 2 is 1.93 bits per heavy atom. The lowest BCUT2D eigenvalue weighted by atomic mass is 10.2. The first-order valence-electron chi connectivity index (χ1n) is 8.63. The lowest BCUT2D eigenvalue weighted by Crippen LogP contribution is -2.15. The van der Waals surface area contributed by atoms with Crippen LogP contribution in [0.25, 0.3) is 0 Å². The summed E-state index contributed by atoms with van der Waals surface area (Å²) in [5.41, 5.74) is 1.14. The molecule has 4 rings (SSSR count). The van der Waals surface area contributed by atoms with E-state index >= 15 is 0 Å². The molecule has 13 heteroatoms. The molecule has 0 saturated carbocycles. The molecule has 0 saturated heterocycles. The summed E-state index contributed by atoms with van der Waals surface area (Å²) in [6.07, 6.45) is 4.51. The number of carbonyl (C=O) groups is 1. The summed E-state index contributed by atoms with van der Waals surface area (Å²) in [7, 11) is 0. The highest BCUT2D eigenvalue weighted by molar-refractivity contribution is 6.30. The van der Waals surface area contributed by atoms with Crippen LogP contribution in [0.2, 0.25) is 5.02 Å². The number of benzene rings is 1.